The van der Waals surface area contributed by atoms with Crippen molar-refractivity contribution in [1.82, 2.24) is 15.1 Å². The first-order valence-electron chi connectivity index (χ1n) is 9.13. The molecule has 0 saturated heterocycles. The summed E-state index contributed by atoms with van der Waals surface area (Å²) < 4.78 is 18.8. The quantitative estimate of drug-likeness (QED) is 0.725. The lowest BCUT2D eigenvalue weighted by molar-refractivity contribution is 0.0546. The lowest BCUT2D eigenvalue weighted by atomic mass is 9.93. The van der Waals surface area contributed by atoms with E-state index in [0.717, 1.165) is 22.4 Å². The number of nitrogens with one attached hydrogen (secondary N) is 1. The van der Waals surface area contributed by atoms with Gasteiger partial charge in [0, 0.05) is 16.7 Å². The first-order chi connectivity index (χ1) is 13.3. The van der Waals surface area contributed by atoms with Crippen LogP contribution in [0.2, 0.25) is 0 Å². The normalized spacial score (nSPS) is 16.4. The predicted molar refractivity (Wildman–Crippen MR) is 105 cm³/mol. The number of hydrogen-bond acceptors (Lipinski definition) is 3. The van der Waals surface area contributed by atoms with Crippen molar-refractivity contribution >= 4 is 5.91 Å². The van der Waals surface area contributed by atoms with Crippen LogP contribution in [0.3, 0.4) is 0 Å². The molecule has 0 spiro atoms. The molecule has 0 saturated carbocycles. The third-order valence-corrected chi connectivity index (χ3v) is 5.04. The number of methoxy groups -OCH3 is 1. The van der Waals surface area contributed by atoms with Crippen molar-refractivity contribution < 1.29 is 13.9 Å². The Hall–Kier alpha value is -3.15. The van der Waals surface area contributed by atoms with E-state index in [-0.39, 0.29) is 17.8 Å². The van der Waals surface area contributed by atoms with Crippen LogP contribution in [0.15, 0.2) is 48.5 Å². The number of hydrogen-bond donors (Lipinski definition) is 1. The number of carbonyl (C=O) groups is 1. The Morgan fingerprint density at radius 1 is 1.07 bits per heavy atom. The molecule has 0 fully saturated rings. The van der Waals surface area contributed by atoms with E-state index in [0.29, 0.717) is 11.4 Å². The van der Waals surface area contributed by atoms with Crippen molar-refractivity contribution in [2.45, 2.75) is 32.4 Å². The van der Waals surface area contributed by atoms with Crippen LogP contribution in [0, 0.1) is 5.82 Å². The number of H-pyrrole nitrogens is 1. The average molecular weight is 379 g/mol. The Bertz CT molecular complexity index is 1020. The molecule has 5 nitrogen and oxygen atoms in total. The number of carbonyl (C=O) groups excluding carboxylic acids is 1. The zero-order valence-electron chi connectivity index (χ0n) is 16.3. The Balaban J connectivity index is 1.90. The maximum absolute atomic E-state index is 13.5. The fourth-order valence-corrected chi connectivity index (χ4v) is 3.77. The fourth-order valence-electron chi connectivity index (χ4n) is 3.77. The van der Waals surface area contributed by atoms with Crippen molar-refractivity contribution in [3.8, 4) is 17.0 Å². The summed E-state index contributed by atoms with van der Waals surface area (Å²) in [6.07, 6.45) is 0. The third kappa shape index (κ3) is 2.85. The second-order valence-electron chi connectivity index (χ2n) is 7.89. The molecule has 1 aromatic heterocycles. The Labute approximate surface area is 163 Å². The van der Waals surface area contributed by atoms with Crippen LogP contribution in [0.5, 0.6) is 5.75 Å². The first kappa shape index (κ1) is 18.2. The van der Waals surface area contributed by atoms with E-state index in [1.807, 2.05) is 49.9 Å². The van der Waals surface area contributed by atoms with Crippen LogP contribution in [-0.4, -0.2) is 33.7 Å². The van der Waals surface area contributed by atoms with Crippen molar-refractivity contribution in [2.75, 3.05) is 7.11 Å². The van der Waals surface area contributed by atoms with Crippen LogP contribution in [0.25, 0.3) is 11.3 Å². The molecular weight excluding hydrogens is 357 g/mol. The van der Waals surface area contributed by atoms with Gasteiger partial charge in [-0.3, -0.25) is 9.89 Å². The largest absolute Gasteiger partial charge is 0.497 e. The number of ether oxygens (including phenoxy) is 1. The van der Waals surface area contributed by atoms with E-state index >= 15 is 0 Å². The zero-order chi connectivity index (χ0) is 20.1. The van der Waals surface area contributed by atoms with E-state index in [1.54, 1.807) is 19.2 Å². The van der Waals surface area contributed by atoms with Gasteiger partial charge in [0.05, 0.1) is 18.8 Å². The minimum atomic E-state index is -0.423. The second-order valence-corrected chi connectivity index (χ2v) is 7.89. The highest BCUT2D eigenvalue weighted by Crippen LogP contribution is 2.45. The summed E-state index contributed by atoms with van der Waals surface area (Å²) in [5, 5.41) is 7.37. The van der Waals surface area contributed by atoms with Gasteiger partial charge in [-0.05, 0) is 62.7 Å². The summed E-state index contributed by atoms with van der Waals surface area (Å²) in [5.41, 5.74) is 3.32. The van der Waals surface area contributed by atoms with Gasteiger partial charge >= 0.3 is 0 Å². The SMILES string of the molecule is COc1ccc(-c2n[nH]c3c2C(c2ccc(F)cc2)N(C(C)(C)C)C3=O)cc1. The summed E-state index contributed by atoms with van der Waals surface area (Å²) in [6.45, 7) is 5.98. The number of rotatable bonds is 3. The minimum Gasteiger partial charge on any atom is -0.497 e. The van der Waals surface area contributed by atoms with Gasteiger partial charge in [-0.15, -0.1) is 0 Å². The number of aromatic amines is 1. The monoisotopic (exact) mass is 379 g/mol. The van der Waals surface area contributed by atoms with Gasteiger partial charge in [0.15, 0.2) is 0 Å². The van der Waals surface area contributed by atoms with Crippen molar-refractivity contribution in [3.63, 3.8) is 0 Å². The number of benzene rings is 2. The third-order valence-electron chi connectivity index (χ3n) is 5.04. The molecule has 1 aliphatic heterocycles. The highest BCUT2D eigenvalue weighted by atomic mass is 19.1. The van der Waals surface area contributed by atoms with Crippen LogP contribution in [-0.2, 0) is 0 Å². The maximum atomic E-state index is 13.5. The Kier molecular flexibility index (Phi) is 4.22. The van der Waals surface area contributed by atoms with Crippen LogP contribution < -0.4 is 4.74 Å². The van der Waals surface area contributed by atoms with E-state index in [2.05, 4.69) is 10.2 Å². The van der Waals surface area contributed by atoms with Gasteiger partial charge in [-0.2, -0.15) is 5.10 Å². The van der Waals surface area contributed by atoms with Crippen LogP contribution in [0.1, 0.15) is 48.4 Å². The Morgan fingerprint density at radius 2 is 1.71 bits per heavy atom. The molecule has 28 heavy (non-hydrogen) atoms. The van der Waals surface area contributed by atoms with Crippen molar-refractivity contribution in [2.24, 2.45) is 0 Å². The number of halogens is 1. The smallest absolute Gasteiger partial charge is 0.273 e. The van der Waals surface area contributed by atoms with Crippen LogP contribution in [0.4, 0.5) is 4.39 Å². The summed E-state index contributed by atoms with van der Waals surface area (Å²) >= 11 is 0. The predicted octanol–water partition coefficient (Wildman–Crippen LogP) is 4.57. The fraction of sp³-hybridized carbons (Fsp3) is 0.273. The molecule has 1 amide bonds. The Morgan fingerprint density at radius 3 is 2.29 bits per heavy atom. The summed E-state index contributed by atoms with van der Waals surface area (Å²) in [5.74, 6) is 0.334. The van der Waals surface area contributed by atoms with Crippen molar-refractivity contribution in [1.29, 1.82) is 0 Å². The highest BCUT2D eigenvalue weighted by molar-refractivity contribution is 6.00. The highest BCUT2D eigenvalue weighted by Gasteiger charge is 2.46. The molecule has 2 aromatic carbocycles. The minimum absolute atomic E-state index is 0.107. The molecule has 1 atom stereocenters. The molecule has 0 radical (unpaired) electrons. The van der Waals surface area contributed by atoms with E-state index < -0.39 is 5.54 Å². The number of fused-ring (bicyclic) bond motifs is 1. The lowest BCUT2D eigenvalue weighted by Gasteiger charge is -2.37. The molecule has 1 unspecified atom stereocenters. The van der Waals surface area contributed by atoms with Gasteiger partial charge in [0.1, 0.15) is 17.3 Å². The molecule has 1 aliphatic rings. The number of nitrogens with zero attached hydrogens (tertiary/aromatic N) is 2. The van der Waals surface area contributed by atoms with E-state index in [1.165, 1.54) is 12.1 Å². The van der Waals surface area contributed by atoms with Gasteiger partial charge in [-0.1, -0.05) is 12.1 Å². The summed E-state index contributed by atoms with van der Waals surface area (Å²) in [6, 6.07) is 13.5. The topological polar surface area (TPSA) is 58.2 Å². The lowest BCUT2D eigenvalue weighted by Crippen LogP contribution is -2.44. The molecule has 3 aromatic rings. The van der Waals surface area contributed by atoms with Gasteiger partial charge in [0.25, 0.3) is 5.91 Å². The molecular formula is C22H22FN3O2. The molecule has 2 heterocycles. The average Bonchev–Trinajstić information content (AvgIpc) is 3.21. The molecule has 1 N–H and O–H groups in total. The van der Waals surface area contributed by atoms with E-state index in [9.17, 15) is 9.18 Å². The summed E-state index contributed by atoms with van der Waals surface area (Å²) in [4.78, 5) is 15.0. The molecule has 0 bridgehead atoms. The summed E-state index contributed by atoms with van der Waals surface area (Å²) in [7, 11) is 1.62. The number of aromatic nitrogens is 2. The molecule has 0 aliphatic carbocycles. The van der Waals surface area contributed by atoms with Crippen LogP contribution >= 0.6 is 0 Å². The first-order valence-corrected chi connectivity index (χ1v) is 9.13. The molecule has 144 valence electrons. The molecule has 6 heteroatoms. The van der Waals surface area contributed by atoms with Gasteiger partial charge in [0.2, 0.25) is 0 Å². The maximum Gasteiger partial charge on any atom is 0.273 e. The molecule has 4 rings (SSSR count). The van der Waals surface area contributed by atoms with Gasteiger partial charge in [-0.25, -0.2) is 4.39 Å². The van der Waals surface area contributed by atoms with Gasteiger partial charge < -0.3 is 9.64 Å². The number of amides is 1. The standard InChI is InChI=1S/C22H22FN3O2/c1-22(2,3)26-20(14-5-9-15(23)10-6-14)17-18(24-25-19(17)21(26)27)13-7-11-16(28-4)12-8-13/h5-12,20H,1-4H3,(H,24,25). The van der Waals surface area contributed by atoms with E-state index in [4.69, 9.17) is 4.74 Å². The zero-order valence-corrected chi connectivity index (χ0v) is 16.3. The van der Waals surface area contributed by atoms with Crippen molar-refractivity contribution in [3.05, 3.63) is 71.2 Å². The second kappa shape index (κ2) is 6.48.